The number of likely N-dealkylation sites (N-methyl/N-ethyl adjacent to an activating group) is 1. The van der Waals surface area contributed by atoms with Crippen molar-refractivity contribution in [3.63, 3.8) is 0 Å². The van der Waals surface area contributed by atoms with Crippen molar-refractivity contribution in [2.24, 2.45) is 0 Å². The van der Waals surface area contributed by atoms with E-state index in [0.717, 1.165) is 19.3 Å². The first-order valence-corrected chi connectivity index (χ1v) is 8.64. The molecule has 1 saturated heterocycles. The first-order valence-electron chi connectivity index (χ1n) is 6.58. The summed E-state index contributed by atoms with van der Waals surface area (Å²) in [5.74, 6) is -1.55. The molecule has 1 unspecified atom stereocenters. The van der Waals surface area contributed by atoms with Gasteiger partial charge in [-0.05, 0) is 13.5 Å². The van der Waals surface area contributed by atoms with Gasteiger partial charge in [0.25, 0.3) is 0 Å². The number of aliphatic carboxylic acids is 1. The number of carboxylic acids is 1. The van der Waals surface area contributed by atoms with Crippen molar-refractivity contribution in [2.45, 2.75) is 12.5 Å². The number of amides is 2. The van der Waals surface area contributed by atoms with E-state index >= 15 is 0 Å². The highest BCUT2D eigenvalue weighted by Gasteiger charge is 2.23. The Labute approximate surface area is 124 Å². The minimum atomic E-state index is -3.27. The zero-order chi connectivity index (χ0) is 16.0. The van der Waals surface area contributed by atoms with Crippen molar-refractivity contribution in [2.75, 3.05) is 45.2 Å². The Balaban J connectivity index is 2.43. The maximum absolute atomic E-state index is 11.7. The second-order valence-electron chi connectivity index (χ2n) is 5.18. The number of nitrogens with zero attached hydrogens (tertiary/aromatic N) is 2. The molecule has 10 heteroatoms. The molecular weight excluding hydrogens is 300 g/mol. The number of carboxylic acid groups (broad SMARTS) is 1. The van der Waals surface area contributed by atoms with E-state index in [0.29, 0.717) is 13.1 Å². The van der Waals surface area contributed by atoms with Gasteiger partial charge in [-0.15, -0.1) is 0 Å². The molecule has 0 bridgehead atoms. The largest absolute Gasteiger partial charge is 0.480 e. The molecule has 0 saturated carbocycles. The third kappa shape index (κ3) is 7.25. The topological polar surface area (TPSA) is 119 Å². The van der Waals surface area contributed by atoms with Crippen LogP contribution in [0.15, 0.2) is 0 Å². The van der Waals surface area contributed by atoms with Gasteiger partial charge in [-0.3, -0.25) is 5.43 Å². The molecule has 3 N–H and O–H groups in total. The van der Waals surface area contributed by atoms with Gasteiger partial charge in [0.05, 0.1) is 5.75 Å². The van der Waals surface area contributed by atoms with E-state index in [4.69, 9.17) is 5.11 Å². The quantitative estimate of drug-likeness (QED) is 0.535. The summed E-state index contributed by atoms with van der Waals surface area (Å²) in [6.45, 7) is 2.89. The number of urea groups is 1. The smallest absolute Gasteiger partial charge is 0.330 e. The molecule has 122 valence electrons. The number of piperazine rings is 1. The van der Waals surface area contributed by atoms with Gasteiger partial charge in [0, 0.05) is 32.4 Å². The number of sulfone groups is 1. The molecule has 1 atom stereocenters. The summed E-state index contributed by atoms with van der Waals surface area (Å²) in [6.07, 6.45) is 0.862. The van der Waals surface area contributed by atoms with Crippen LogP contribution < -0.4 is 10.7 Å². The van der Waals surface area contributed by atoms with Crippen LogP contribution in [0.5, 0.6) is 0 Å². The van der Waals surface area contributed by atoms with Crippen LogP contribution in [-0.4, -0.2) is 86.7 Å². The van der Waals surface area contributed by atoms with Crippen LogP contribution in [0.2, 0.25) is 0 Å². The van der Waals surface area contributed by atoms with Crippen molar-refractivity contribution in [1.29, 1.82) is 0 Å². The maximum atomic E-state index is 11.7. The first kappa shape index (κ1) is 17.7. The summed E-state index contributed by atoms with van der Waals surface area (Å²) in [4.78, 5) is 24.9. The van der Waals surface area contributed by atoms with Crippen molar-refractivity contribution in [3.8, 4) is 0 Å². The Hall–Kier alpha value is -1.39. The average molecular weight is 322 g/mol. The SMILES string of the molecule is CN1CCN(NC(=O)NC(CCS(C)(=O)=O)C(=O)O)CC1. The normalized spacial score (nSPS) is 19.0. The number of hydrazine groups is 1. The van der Waals surface area contributed by atoms with E-state index in [1.165, 1.54) is 0 Å². The van der Waals surface area contributed by atoms with Crippen LogP contribution in [0.3, 0.4) is 0 Å². The summed E-state index contributed by atoms with van der Waals surface area (Å²) in [5, 5.41) is 13.0. The fourth-order valence-corrected chi connectivity index (χ4v) is 2.51. The van der Waals surface area contributed by atoms with Crippen molar-refractivity contribution >= 4 is 21.8 Å². The molecule has 2 amide bonds. The summed E-state index contributed by atoms with van der Waals surface area (Å²) < 4.78 is 22.1. The summed E-state index contributed by atoms with van der Waals surface area (Å²) in [7, 11) is -1.30. The second-order valence-corrected chi connectivity index (χ2v) is 7.44. The molecule has 0 radical (unpaired) electrons. The highest BCUT2D eigenvalue weighted by molar-refractivity contribution is 7.90. The van der Waals surface area contributed by atoms with Crippen LogP contribution in [0.25, 0.3) is 0 Å². The standard InChI is InChI=1S/C11H22N4O5S/c1-14-4-6-15(7-5-14)13-11(18)12-9(10(16)17)3-8-21(2,19)20/h9H,3-8H2,1-2H3,(H,16,17)(H2,12,13,18). The fraction of sp³-hybridized carbons (Fsp3) is 0.818. The van der Waals surface area contributed by atoms with E-state index in [1.54, 1.807) is 5.01 Å². The maximum Gasteiger partial charge on any atom is 0.330 e. The lowest BCUT2D eigenvalue weighted by molar-refractivity contribution is -0.139. The lowest BCUT2D eigenvalue weighted by Gasteiger charge is -2.32. The molecule has 1 rings (SSSR count). The molecule has 0 aromatic carbocycles. The minimum Gasteiger partial charge on any atom is -0.480 e. The fourth-order valence-electron chi connectivity index (χ4n) is 1.84. The van der Waals surface area contributed by atoms with Gasteiger partial charge in [0.1, 0.15) is 15.9 Å². The molecule has 1 fully saturated rings. The zero-order valence-corrected chi connectivity index (χ0v) is 13.0. The minimum absolute atomic E-state index is 0.162. The zero-order valence-electron chi connectivity index (χ0n) is 12.2. The predicted molar refractivity (Wildman–Crippen MR) is 76.5 cm³/mol. The average Bonchev–Trinajstić information content (AvgIpc) is 2.36. The number of carbonyl (C=O) groups is 2. The van der Waals surface area contributed by atoms with Crippen LogP contribution >= 0.6 is 0 Å². The van der Waals surface area contributed by atoms with E-state index in [9.17, 15) is 18.0 Å². The van der Waals surface area contributed by atoms with Crippen molar-refractivity contribution in [3.05, 3.63) is 0 Å². The number of rotatable bonds is 6. The van der Waals surface area contributed by atoms with Gasteiger partial charge in [0.2, 0.25) is 0 Å². The first-order chi connectivity index (χ1) is 9.67. The predicted octanol–water partition coefficient (Wildman–Crippen LogP) is -1.66. The van der Waals surface area contributed by atoms with Gasteiger partial charge in [-0.1, -0.05) is 0 Å². The Kier molecular flexibility index (Phi) is 6.37. The molecular formula is C11H22N4O5S. The second kappa shape index (κ2) is 7.57. The highest BCUT2D eigenvalue weighted by Crippen LogP contribution is 1.99. The van der Waals surface area contributed by atoms with Gasteiger partial charge in [0.15, 0.2) is 0 Å². The van der Waals surface area contributed by atoms with Gasteiger partial charge in [-0.2, -0.15) is 0 Å². The number of hydrogen-bond donors (Lipinski definition) is 3. The van der Waals surface area contributed by atoms with Gasteiger partial charge < -0.3 is 15.3 Å². The molecule has 1 aliphatic rings. The molecule has 1 aliphatic heterocycles. The van der Waals surface area contributed by atoms with E-state index in [-0.39, 0.29) is 12.2 Å². The van der Waals surface area contributed by atoms with Gasteiger partial charge in [-0.25, -0.2) is 23.0 Å². The van der Waals surface area contributed by atoms with Crippen molar-refractivity contribution < 1.29 is 23.1 Å². The lowest BCUT2D eigenvalue weighted by Crippen LogP contribution is -2.57. The van der Waals surface area contributed by atoms with E-state index in [2.05, 4.69) is 15.6 Å². The highest BCUT2D eigenvalue weighted by atomic mass is 32.2. The van der Waals surface area contributed by atoms with E-state index < -0.39 is 27.9 Å². The Bertz CT molecular complexity index is 473. The number of nitrogens with one attached hydrogen (secondary N) is 2. The van der Waals surface area contributed by atoms with Crippen LogP contribution in [0.4, 0.5) is 4.79 Å². The third-order valence-corrected chi connectivity index (χ3v) is 4.12. The molecule has 1 heterocycles. The summed E-state index contributed by atoms with van der Waals surface area (Å²) >= 11 is 0. The molecule has 9 nitrogen and oxygen atoms in total. The van der Waals surface area contributed by atoms with Crippen LogP contribution in [0, 0.1) is 0 Å². The summed E-state index contributed by atoms with van der Waals surface area (Å²) in [6, 6.07) is -1.87. The monoisotopic (exact) mass is 322 g/mol. The summed E-state index contributed by atoms with van der Waals surface area (Å²) in [5.41, 5.74) is 2.57. The molecule has 0 aromatic heterocycles. The third-order valence-electron chi connectivity index (χ3n) is 3.14. The lowest BCUT2D eigenvalue weighted by atomic mass is 10.2. The van der Waals surface area contributed by atoms with E-state index in [1.807, 2.05) is 7.05 Å². The number of hydrogen-bond acceptors (Lipinski definition) is 6. The Morgan fingerprint density at radius 2 is 1.81 bits per heavy atom. The molecule has 0 aromatic rings. The van der Waals surface area contributed by atoms with Crippen molar-refractivity contribution in [1.82, 2.24) is 20.7 Å². The molecule has 21 heavy (non-hydrogen) atoms. The Morgan fingerprint density at radius 1 is 1.24 bits per heavy atom. The van der Waals surface area contributed by atoms with Crippen LogP contribution in [0.1, 0.15) is 6.42 Å². The van der Waals surface area contributed by atoms with Crippen LogP contribution in [-0.2, 0) is 14.6 Å². The Morgan fingerprint density at radius 3 is 2.29 bits per heavy atom. The molecule has 0 aliphatic carbocycles. The number of carbonyl (C=O) groups excluding carboxylic acids is 1. The van der Waals surface area contributed by atoms with Gasteiger partial charge >= 0.3 is 12.0 Å². The molecule has 0 spiro atoms.